The molecule has 1 fully saturated rings. The fraction of sp³-hybridized carbons (Fsp3) is 0.154. The molecule has 0 unspecified atom stereocenters. The van der Waals surface area contributed by atoms with E-state index in [2.05, 4.69) is 26.6 Å². The van der Waals surface area contributed by atoms with Crippen molar-refractivity contribution in [3.8, 4) is 5.69 Å². The molecule has 1 saturated heterocycles. The topological polar surface area (TPSA) is 101 Å². The van der Waals surface area contributed by atoms with Crippen LogP contribution in [0.25, 0.3) is 11.8 Å². The number of benzene rings is 2. The van der Waals surface area contributed by atoms with Gasteiger partial charge in [-0.3, -0.25) is 19.7 Å². The molecule has 4 rings (SSSR count). The maximum atomic E-state index is 13.3. The second kappa shape index (κ2) is 9.34. The van der Waals surface area contributed by atoms with Gasteiger partial charge in [0.15, 0.2) is 0 Å². The van der Waals surface area contributed by atoms with Gasteiger partial charge in [-0.25, -0.2) is 9.69 Å². The van der Waals surface area contributed by atoms with Gasteiger partial charge in [0.1, 0.15) is 5.57 Å². The van der Waals surface area contributed by atoms with Crippen LogP contribution < -0.4 is 15.5 Å². The molecule has 5 amide bonds. The predicted octanol–water partition coefficient (Wildman–Crippen LogP) is 4.79. The highest BCUT2D eigenvalue weighted by molar-refractivity contribution is 9.10. The van der Waals surface area contributed by atoms with Gasteiger partial charge in [-0.05, 0) is 86.5 Å². The van der Waals surface area contributed by atoms with Crippen LogP contribution in [0, 0.1) is 20.8 Å². The summed E-state index contributed by atoms with van der Waals surface area (Å²) in [6, 6.07) is 13.5. The monoisotopic (exact) mass is 534 g/mol. The molecule has 2 heterocycles. The minimum absolute atomic E-state index is 0.133. The molecule has 178 valence electrons. The quantitative estimate of drug-likeness (QED) is 0.371. The lowest BCUT2D eigenvalue weighted by atomic mass is 10.1. The van der Waals surface area contributed by atoms with Gasteiger partial charge in [0.25, 0.3) is 11.8 Å². The molecule has 0 radical (unpaired) electrons. The zero-order chi connectivity index (χ0) is 25.4. The second-order valence-corrected chi connectivity index (χ2v) is 9.14. The van der Waals surface area contributed by atoms with E-state index >= 15 is 0 Å². The summed E-state index contributed by atoms with van der Waals surface area (Å²) in [4.78, 5) is 50.6. The van der Waals surface area contributed by atoms with Crippen molar-refractivity contribution >= 4 is 57.1 Å². The molecule has 0 bridgehead atoms. The lowest BCUT2D eigenvalue weighted by Crippen LogP contribution is -2.54. The van der Waals surface area contributed by atoms with Gasteiger partial charge in [0.2, 0.25) is 5.91 Å². The Morgan fingerprint density at radius 2 is 1.63 bits per heavy atom. The number of aromatic nitrogens is 1. The van der Waals surface area contributed by atoms with E-state index in [1.54, 1.807) is 30.3 Å². The summed E-state index contributed by atoms with van der Waals surface area (Å²) in [5, 5.41) is 5.00. The predicted molar refractivity (Wildman–Crippen MR) is 137 cm³/mol. The Morgan fingerprint density at radius 1 is 0.971 bits per heavy atom. The van der Waals surface area contributed by atoms with Crippen LogP contribution >= 0.6 is 15.9 Å². The van der Waals surface area contributed by atoms with E-state index in [0.29, 0.717) is 16.9 Å². The molecule has 35 heavy (non-hydrogen) atoms. The lowest BCUT2D eigenvalue weighted by Gasteiger charge is -2.26. The number of barbiturate groups is 1. The van der Waals surface area contributed by atoms with Crippen LogP contribution in [0.5, 0.6) is 0 Å². The number of hydrogen-bond donors (Lipinski definition) is 2. The number of carbonyl (C=O) groups excluding carboxylic acids is 4. The third kappa shape index (κ3) is 4.67. The van der Waals surface area contributed by atoms with Crippen molar-refractivity contribution in [3.05, 3.63) is 81.1 Å². The molecule has 1 aromatic heterocycles. The number of amides is 5. The number of nitrogens with one attached hydrogen (secondary N) is 2. The SMILES string of the molecule is CC(=O)Nc1ccc(-n2c(C)cc(/C=C3\C(=O)NC(=O)N(c4ccc(Br)c(C)c4)C3=O)c2C)cc1. The van der Waals surface area contributed by atoms with Crippen molar-refractivity contribution in [2.24, 2.45) is 0 Å². The van der Waals surface area contributed by atoms with Crippen molar-refractivity contribution in [1.82, 2.24) is 9.88 Å². The minimum Gasteiger partial charge on any atom is -0.326 e. The van der Waals surface area contributed by atoms with Crippen LogP contribution in [0.2, 0.25) is 0 Å². The van der Waals surface area contributed by atoms with Gasteiger partial charge >= 0.3 is 6.03 Å². The van der Waals surface area contributed by atoms with E-state index in [4.69, 9.17) is 0 Å². The molecule has 1 aliphatic rings. The third-order valence-electron chi connectivity index (χ3n) is 5.72. The van der Waals surface area contributed by atoms with Crippen LogP contribution in [-0.4, -0.2) is 28.3 Å². The van der Waals surface area contributed by atoms with E-state index < -0.39 is 17.8 Å². The number of hydrogen-bond acceptors (Lipinski definition) is 4. The van der Waals surface area contributed by atoms with Crippen molar-refractivity contribution in [2.75, 3.05) is 10.2 Å². The van der Waals surface area contributed by atoms with Gasteiger partial charge in [-0.1, -0.05) is 15.9 Å². The summed E-state index contributed by atoms with van der Waals surface area (Å²) in [5.41, 5.74) is 5.01. The Morgan fingerprint density at radius 3 is 2.26 bits per heavy atom. The van der Waals surface area contributed by atoms with Gasteiger partial charge in [0, 0.05) is 34.2 Å². The average molecular weight is 535 g/mol. The molecule has 8 nitrogen and oxygen atoms in total. The summed E-state index contributed by atoms with van der Waals surface area (Å²) in [7, 11) is 0. The van der Waals surface area contributed by atoms with Crippen LogP contribution in [0.1, 0.15) is 29.4 Å². The van der Waals surface area contributed by atoms with Gasteiger partial charge in [-0.2, -0.15) is 0 Å². The molecule has 0 spiro atoms. The molecule has 2 N–H and O–H groups in total. The van der Waals surface area contributed by atoms with E-state index in [-0.39, 0.29) is 11.5 Å². The maximum absolute atomic E-state index is 13.3. The van der Waals surface area contributed by atoms with Crippen LogP contribution in [0.3, 0.4) is 0 Å². The Hall–Kier alpha value is -3.98. The highest BCUT2D eigenvalue weighted by atomic mass is 79.9. The van der Waals surface area contributed by atoms with Gasteiger partial charge in [-0.15, -0.1) is 0 Å². The van der Waals surface area contributed by atoms with E-state index in [0.717, 1.165) is 32.0 Å². The first-order valence-electron chi connectivity index (χ1n) is 10.8. The van der Waals surface area contributed by atoms with Gasteiger partial charge in [0.05, 0.1) is 5.69 Å². The summed E-state index contributed by atoms with van der Waals surface area (Å²) < 4.78 is 2.83. The van der Waals surface area contributed by atoms with E-state index in [1.807, 2.05) is 43.5 Å². The molecule has 0 saturated carbocycles. The summed E-state index contributed by atoms with van der Waals surface area (Å²) in [5.74, 6) is -1.58. The number of halogens is 1. The molecule has 3 aromatic rings. The molecule has 0 aliphatic carbocycles. The van der Waals surface area contributed by atoms with Crippen molar-refractivity contribution in [1.29, 1.82) is 0 Å². The van der Waals surface area contributed by atoms with Gasteiger partial charge < -0.3 is 9.88 Å². The number of carbonyl (C=O) groups is 4. The fourth-order valence-corrected chi connectivity index (χ4v) is 4.29. The molecule has 0 atom stereocenters. The summed E-state index contributed by atoms with van der Waals surface area (Å²) >= 11 is 3.41. The number of aryl methyl sites for hydroxylation is 2. The highest BCUT2D eigenvalue weighted by Gasteiger charge is 2.37. The standard InChI is InChI=1S/C26H23BrN4O4/c1-14-11-21(9-10-23(14)27)31-25(34)22(24(33)29-26(31)35)13-18-12-15(2)30(16(18)3)20-7-5-19(6-8-20)28-17(4)32/h5-13H,1-4H3,(H,28,32)(H,29,33,35)/b22-13+. The Balaban J connectivity index is 1.71. The summed E-state index contributed by atoms with van der Waals surface area (Å²) in [6.07, 6.45) is 1.51. The van der Waals surface area contributed by atoms with Crippen molar-refractivity contribution in [2.45, 2.75) is 27.7 Å². The third-order valence-corrected chi connectivity index (χ3v) is 6.61. The number of urea groups is 1. The largest absolute Gasteiger partial charge is 0.335 e. The number of rotatable bonds is 4. The van der Waals surface area contributed by atoms with Crippen LogP contribution in [0.15, 0.2) is 58.6 Å². The van der Waals surface area contributed by atoms with Crippen LogP contribution in [-0.2, 0) is 14.4 Å². The first-order chi connectivity index (χ1) is 16.6. The normalized spacial score (nSPS) is 14.9. The van der Waals surface area contributed by atoms with Crippen LogP contribution in [0.4, 0.5) is 16.2 Å². The lowest BCUT2D eigenvalue weighted by molar-refractivity contribution is -0.122. The zero-order valence-corrected chi connectivity index (χ0v) is 21.2. The Labute approximate surface area is 210 Å². The Kier molecular flexibility index (Phi) is 6.45. The Bertz CT molecular complexity index is 1420. The number of imide groups is 2. The maximum Gasteiger partial charge on any atom is 0.335 e. The van der Waals surface area contributed by atoms with E-state index in [9.17, 15) is 19.2 Å². The zero-order valence-electron chi connectivity index (χ0n) is 19.6. The molecule has 1 aliphatic heterocycles. The van der Waals surface area contributed by atoms with Crippen molar-refractivity contribution < 1.29 is 19.2 Å². The van der Waals surface area contributed by atoms with E-state index in [1.165, 1.54) is 13.0 Å². The molecule has 2 aromatic carbocycles. The fourth-order valence-electron chi connectivity index (χ4n) is 4.04. The first-order valence-corrected chi connectivity index (χ1v) is 11.6. The number of nitrogens with zero attached hydrogens (tertiary/aromatic N) is 2. The minimum atomic E-state index is -0.788. The molecular formula is C26H23BrN4O4. The molecule has 9 heteroatoms. The van der Waals surface area contributed by atoms with Crippen molar-refractivity contribution in [3.63, 3.8) is 0 Å². The first kappa shape index (κ1) is 24.2. The smallest absolute Gasteiger partial charge is 0.326 e. The molecular weight excluding hydrogens is 512 g/mol. The average Bonchev–Trinajstić information content (AvgIpc) is 3.06. The summed E-state index contributed by atoms with van der Waals surface area (Å²) in [6.45, 7) is 7.09. The highest BCUT2D eigenvalue weighted by Crippen LogP contribution is 2.28. The second-order valence-electron chi connectivity index (χ2n) is 8.28. The number of anilines is 2.